The van der Waals surface area contributed by atoms with Gasteiger partial charge in [0.25, 0.3) is 5.91 Å². The molecule has 0 aliphatic rings. The Hall–Kier alpha value is -3.46. The SMILES string of the molecule is COc1ccc(CCNC(=O)/C(C#N)=C\Nc2cccc(N(C)C)c2)cc1. The number of benzene rings is 2. The fraction of sp³-hybridized carbons (Fsp3) is 0.238. The topological polar surface area (TPSA) is 77.4 Å². The molecule has 27 heavy (non-hydrogen) atoms. The number of carbonyl (C=O) groups is 1. The average molecular weight is 364 g/mol. The molecule has 0 radical (unpaired) electrons. The molecule has 2 N–H and O–H groups in total. The van der Waals surface area contributed by atoms with E-state index in [-0.39, 0.29) is 5.57 Å². The van der Waals surface area contributed by atoms with E-state index >= 15 is 0 Å². The lowest BCUT2D eigenvalue weighted by atomic mass is 10.1. The fourth-order valence-electron chi connectivity index (χ4n) is 2.39. The Morgan fingerprint density at radius 3 is 2.59 bits per heavy atom. The zero-order chi connectivity index (χ0) is 19.6. The van der Waals surface area contributed by atoms with Crippen LogP contribution >= 0.6 is 0 Å². The number of carbonyl (C=O) groups excluding carboxylic acids is 1. The molecule has 2 aromatic carbocycles. The van der Waals surface area contributed by atoms with Crippen LogP contribution in [0.25, 0.3) is 0 Å². The molecule has 1 amide bonds. The molecule has 0 spiro atoms. The van der Waals surface area contributed by atoms with Gasteiger partial charge in [-0.25, -0.2) is 0 Å². The van der Waals surface area contributed by atoms with Crippen molar-refractivity contribution in [3.8, 4) is 11.8 Å². The van der Waals surface area contributed by atoms with Crippen molar-refractivity contribution in [1.82, 2.24) is 5.32 Å². The third-order valence-electron chi connectivity index (χ3n) is 3.97. The van der Waals surface area contributed by atoms with Gasteiger partial charge in [-0.05, 0) is 42.3 Å². The van der Waals surface area contributed by atoms with Gasteiger partial charge >= 0.3 is 0 Å². The van der Waals surface area contributed by atoms with Gasteiger partial charge in [-0.15, -0.1) is 0 Å². The minimum absolute atomic E-state index is 0.0278. The standard InChI is InChI=1S/C21H24N4O2/c1-25(2)19-6-4-5-18(13-19)24-15-17(14-22)21(26)23-12-11-16-7-9-20(27-3)10-8-16/h4-10,13,15,24H,11-12H2,1-3H3,(H,23,26)/b17-15-. The summed E-state index contributed by atoms with van der Waals surface area (Å²) in [4.78, 5) is 14.2. The second kappa shape index (κ2) is 9.88. The molecule has 0 saturated heterocycles. The van der Waals surface area contributed by atoms with Gasteiger partial charge in [-0.3, -0.25) is 4.79 Å². The third-order valence-corrected chi connectivity index (χ3v) is 3.97. The molecule has 140 valence electrons. The normalized spacial score (nSPS) is 10.7. The molecule has 2 aromatic rings. The first-order chi connectivity index (χ1) is 13.0. The number of nitrogens with one attached hydrogen (secondary N) is 2. The molecule has 0 unspecified atom stereocenters. The van der Waals surface area contributed by atoms with Gasteiger partial charge in [0.15, 0.2) is 0 Å². The predicted molar refractivity (Wildman–Crippen MR) is 108 cm³/mol. The van der Waals surface area contributed by atoms with E-state index in [4.69, 9.17) is 4.74 Å². The molecule has 0 aromatic heterocycles. The number of methoxy groups -OCH3 is 1. The van der Waals surface area contributed by atoms with Crippen molar-refractivity contribution in [2.75, 3.05) is 38.0 Å². The van der Waals surface area contributed by atoms with Crippen LogP contribution in [-0.4, -0.2) is 33.7 Å². The summed E-state index contributed by atoms with van der Waals surface area (Å²) in [6.07, 6.45) is 2.10. The van der Waals surface area contributed by atoms with Crippen LogP contribution in [0.2, 0.25) is 0 Å². The Labute approximate surface area is 160 Å². The first-order valence-corrected chi connectivity index (χ1v) is 8.59. The maximum Gasteiger partial charge on any atom is 0.263 e. The number of ether oxygens (including phenoxy) is 1. The second-order valence-corrected chi connectivity index (χ2v) is 6.11. The lowest BCUT2D eigenvalue weighted by molar-refractivity contribution is -0.117. The number of nitriles is 1. The van der Waals surface area contributed by atoms with Gasteiger partial charge in [0.2, 0.25) is 0 Å². The molecule has 2 rings (SSSR count). The lowest BCUT2D eigenvalue weighted by Crippen LogP contribution is -2.27. The molecule has 6 heteroatoms. The van der Waals surface area contributed by atoms with Crippen LogP contribution in [0.1, 0.15) is 5.56 Å². The highest BCUT2D eigenvalue weighted by Crippen LogP contribution is 2.17. The van der Waals surface area contributed by atoms with Gasteiger partial charge in [0.05, 0.1) is 7.11 Å². The monoisotopic (exact) mass is 364 g/mol. The third kappa shape index (κ3) is 6.08. The van der Waals surface area contributed by atoms with Crippen LogP contribution in [0.3, 0.4) is 0 Å². The van der Waals surface area contributed by atoms with Crippen LogP contribution < -0.4 is 20.3 Å². The van der Waals surface area contributed by atoms with E-state index in [0.717, 1.165) is 22.7 Å². The molecule has 0 aliphatic heterocycles. The summed E-state index contributed by atoms with van der Waals surface area (Å²) in [6, 6.07) is 17.3. The Bertz CT molecular complexity index is 836. The molecule has 0 atom stereocenters. The smallest absolute Gasteiger partial charge is 0.263 e. The summed E-state index contributed by atoms with van der Waals surface area (Å²) in [7, 11) is 5.52. The van der Waals surface area contributed by atoms with Gasteiger partial charge in [-0.1, -0.05) is 18.2 Å². The summed E-state index contributed by atoms with van der Waals surface area (Å²) in [5, 5.41) is 15.0. The Balaban J connectivity index is 1.89. The molecule has 0 saturated carbocycles. The van der Waals surface area contributed by atoms with Crippen LogP contribution in [0.5, 0.6) is 5.75 Å². The highest BCUT2D eigenvalue weighted by Gasteiger charge is 2.08. The number of rotatable bonds is 8. The van der Waals surface area contributed by atoms with E-state index < -0.39 is 5.91 Å². The Morgan fingerprint density at radius 2 is 1.96 bits per heavy atom. The summed E-state index contributed by atoms with van der Waals surface area (Å²) in [5.74, 6) is 0.393. The first-order valence-electron chi connectivity index (χ1n) is 8.59. The summed E-state index contributed by atoms with van der Waals surface area (Å²) in [5.41, 5.74) is 2.94. The van der Waals surface area contributed by atoms with E-state index in [2.05, 4.69) is 10.6 Å². The van der Waals surface area contributed by atoms with Gasteiger partial charge in [0, 0.05) is 38.2 Å². The van der Waals surface area contributed by atoms with E-state index in [9.17, 15) is 10.1 Å². The van der Waals surface area contributed by atoms with E-state index in [1.54, 1.807) is 7.11 Å². The number of anilines is 2. The Kier molecular flexibility index (Phi) is 7.26. The largest absolute Gasteiger partial charge is 0.497 e. The summed E-state index contributed by atoms with van der Waals surface area (Å²) < 4.78 is 5.12. The molecule has 6 nitrogen and oxygen atoms in total. The highest BCUT2D eigenvalue weighted by atomic mass is 16.5. The van der Waals surface area contributed by atoms with Crippen molar-refractivity contribution in [3.63, 3.8) is 0 Å². The van der Waals surface area contributed by atoms with Crippen molar-refractivity contribution < 1.29 is 9.53 Å². The van der Waals surface area contributed by atoms with Crippen LogP contribution in [0.15, 0.2) is 60.3 Å². The molecule has 0 aliphatic carbocycles. The van der Waals surface area contributed by atoms with E-state index in [1.807, 2.05) is 73.6 Å². The summed E-state index contributed by atoms with van der Waals surface area (Å²) in [6.45, 7) is 0.445. The molecular formula is C21H24N4O2. The zero-order valence-corrected chi connectivity index (χ0v) is 15.8. The Morgan fingerprint density at radius 1 is 1.22 bits per heavy atom. The van der Waals surface area contributed by atoms with Crippen molar-refractivity contribution in [3.05, 3.63) is 65.9 Å². The van der Waals surface area contributed by atoms with Crippen molar-refractivity contribution >= 4 is 17.3 Å². The van der Waals surface area contributed by atoms with E-state index in [0.29, 0.717) is 13.0 Å². The average Bonchev–Trinajstić information content (AvgIpc) is 2.69. The summed E-state index contributed by atoms with van der Waals surface area (Å²) >= 11 is 0. The fourth-order valence-corrected chi connectivity index (χ4v) is 2.39. The minimum atomic E-state index is -0.401. The van der Waals surface area contributed by atoms with Crippen molar-refractivity contribution in [2.45, 2.75) is 6.42 Å². The molecule has 0 fully saturated rings. The number of hydrogen-bond acceptors (Lipinski definition) is 5. The van der Waals surface area contributed by atoms with E-state index in [1.165, 1.54) is 6.20 Å². The van der Waals surface area contributed by atoms with Crippen LogP contribution in [-0.2, 0) is 11.2 Å². The van der Waals surface area contributed by atoms with Gasteiger partial charge in [-0.2, -0.15) is 5.26 Å². The quantitative estimate of drug-likeness (QED) is 0.556. The maximum absolute atomic E-state index is 12.2. The predicted octanol–water partition coefficient (Wildman–Crippen LogP) is 2.94. The van der Waals surface area contributed by atoms with Gasteiger partial charge < -0.3 is 20.3 Å². The van der Waals surface area contributed by atoms with Crippen molar-refractivity contribution in [1.29, 1.82) is 5.26 Å². The second-order valence-electron chi connectivity index (χ2n) is 6.11. The molecule has 0 heterocycles. The first kappa shape index (κ1) is 19.9. The lowest BCUT2D eigenvalue weighted by Gasteiger charge is -2.13. The van der Waals surface area contributed by atoms with Crippen LogP contribution in [0.4, 0.5) is 11.4 Å². The van der Waals surface area contributed by atoms with Crippen LogP contribution in [0, 0.1) is 11.3 Å². The minimum Gasteiger partial charge on any atom is -0.497 e. The maximum atomic E-state index is 12.2. The highest BCUT2D eigenvalue weighted by molar-refractivity contribution is 5.97. The molecule has 0 bridgehead atoms. The zero-order valence-electron chi connectivity index (χ0n) is 15.8. The number of amides is 1. The molecular weight excluding hydrogens is 340 g/mol. The van der Waals surface area contributed by atoms with Gasteiger partial charge in [0.1, 0.15) is 17.4 Å². The number of nitrogens with zero attached hydrogens (tertiary/aromatic N) is 2. The number of hydrogen-bond donors (Lipinski definition) is 2. The van der Waals surface area contributed by atoms with Crippen molar-refractivity contribution in [2.24, 2.45) is 0 Å².